The Labute approximate surface area is 99.9 Å². The highest BCUT2D eigenvalue weighted by Gasteiger charge is 2.10. The van der Waals surface area contributed by atoms with Crippen LogP contribution in [-0.2, 0) is 13.5 Å². The van der Waals surface area contributed by atoms with Gasteiger partial charge in [0.1, 0.15) is 5.69 Å². The van der Waals surface area contributed by atoms with Crippen LogP contribution in [0.25, 0.3) is 0 Å². The first-order chi connectivity index (χ1) is 7.15. The summed E-state index contributed by atoms with van der Waals surface area (Å²) in [4.78, 5) is 12.8. The molecule has 0 aliphatic heterocycles. The molecule has 0 aromatic carbocycles. The quantitative estimate of drug-likeness (QED) is 0.813. The first-order valence-corrected chi connectivity index (χ1v) is 6.08. The molecule has 0 saturated heterocycles. The van der Waals surface area contributed by atoms with E-state index in [0.717, 1.165) is 9.35 Å². The zero-order valence-corrected chi connectivity index (χ0v) is 10.5. The van der Waals surface area contributed by atoms with Crippen molar-refractivity contribution in [1.29, 1.82) is 0 Å². The summed E-state index contributed by atoms with van der Waals surface area (Å²) in [5, 5.41) is 6.05. The number of hydrogen-bond acceptors (Lipinski definition) is 3. The summed E-state index contributed by atoms with van der Waals surface area (Å²) in [5.74, 6) is 0.0601. The fourth-order valence-corrected chi connectivity index (χ4v) is 2.71. The summed E-state index contributed by atoms with van der Waals surface area (Å²) in [6.45, 7) is 0. The molecule has 2 aromatic rings. The summed E-state index contributed by atoms with van der Waals surface area (Å²) < 4.78 is 2.66. The van der Waals surface area contributed by atoms with E-state index < -0.39 is 0 Å². The Bertz CT molecular complexity index is 489. The summed E-state index contributed by atoms with van der Waals surface area (Å²) >= 11 is 4.94. The molecule has 0 saturated carbocycles. The van der Waals surface area contributed by atoms with E-state index in [1.165, 1.54) is 0 Å². The van der Waals surface area contributed by atoms with Crippen molar-refractivity contribution in [3.63, 3.8) is 0 Å². The topological polar surface area (TPSA) is 34.9 Å². The Morgan fingerprint density at radius 1 is 1.67 bits per heavy atom. The Kier molecular flexibility index (Phi) is 3.02. The molecule has 2 aromatic heterocycles. The van der Waals surface area contributed by atoms with E-state index in [4.69, 9.17) is 0 Å². The standard InChI is InChI=1S/C10H9BrN2OS/c1-13-3-2-9(12-13)10(14)5-8-4-7(11)6-15-8/h2-4,6H,5H2,1H3. The third-order valence-electron chi connectivity index (χ3n) is 1.96. The van der Waals surface area contributed by atoms with Crippen LogP contribution in [0.15, 0.2) is 28.2 Å². The van der Waals surface area contributed by atoms with E-state index in [0.29, 0.717) is 12.1 Å². The third kappa shape index (κ3) is 2.54. The van der Waals surface area contributed by atoms with E-state index in [1.807, 2.05) is 11.4 Å². The van der Waals surface area contributed by atoms with Gasteiger partial charge in [-0.25, -0.2) is 0 Å². The highest BCUT2D eigenvalue weighted by Crippen LogP contribution is 2.20. The monoisotopic (exact) mass is 284 g/mol. The van der Waals surface area contributed by atoms with Crippen molar-refractivity contribution in [1.82, 2.24) is 9.78 Å². The van der Waals surface area contributed by atoms with Crippen LogP contribution in [0.3, 0.4) is 0 Å². The van der Waals surface area contributed by atoms with Gasteiger partial charge in [0.25, 0.3) is 0 Å². The first-order valence-electron chi connectivity index (χ1n) is 4.41. The van der Waals surface area contributed by atoms with E-state index >= 15 is 0 Å². The highest BCUT2D eigenvalue weighted by atomic mass is 79.9. The molecule has 0 fully saturated rings. The molecule has 78 valence electrons. The second kappa shape index (κ2) is 4.28. The maximum Gasteiger partial charge on any atom is 0.188 e. The number of Topliss-reactive ketones (excluding diaryl/α,β-unsaturated/α-hetero) is 1. The molecule has 5 heteroatoms. The molecule has 2 rings (SSSR count). The number of halogens is 1. The number of aromatic nitrogens is 2. The number of rotatable bonds is 3. The van der Waals surface area contributed by atoms with Gasteiger partial charge in [0.15, 0.2) is 5.78 Å². The van der Waals surface area contributed by atoms with E-state index in [2.05, 4.69) is 21.0 Å². The second-order valence-corrected chi connectivity index (χ2v) is 5.12. The number of carbonyl (C=O) groups excluding carboxylic acids is 1. The van der Waals surface area contributed by atoms with Crippen LogP contribution < -0.4 is 0 Å². The van der Waals surface area contributed by atoms with Crippen molar-refractivity contribution >= 4 is 33.0 Å². The van der Waals surface area contributed by atoms with E-state index in [1.54, 1.807) is 35.3 Å². The van der Waals surface area contributed by atoms with Crippen LogP contribution in [0.4, 0.5) is 0 Å². The molecular formula is C10H9BrN2OS. The Hall–Kier alpha value is -0.940. The first kappa shape index (κ1) is 10.6. The molecule has 3 nitrogen and oxygen atoms in total. The Morgan fingerprint density at radius 3 is 3.00 bits per heavy atom. The van der Waals surface area contributed by atoms with Crippen LogP contribution in [0.2, 0.25) is 0 Å². The molecule has 0 radical (unpaired) electrons. The van der Waals surface area contributed by atoms with Crippen LogP contribution in [0.1, 0.15) is 15.4 Å². The predicted molar refractivity (Wildman–Crippen MR) is 63.3 cm³/mol. The van der Waals surface area contributed by atoms with Gasteiger partial charge >= 0.3 is 0 Å². The molecule has 0 atom stereocenters. The van der Waals surface area contributed by atoms with Crippen LogP contribution in [0.5, 0.6) is 0 Å². The highest BCUT2D eigenvalue weighted by molar-refractivity contribution is 9.10. The van der Waals surface area contributed by atoms with Gasteiger partial charge in [-0.2, -0.15) is 5.10 Å². The lowest BCUT2D eigenvalue weighted by Crippen LogP contribution is -2.04. The number of ketones is 1. The molecule has 0 amide bonds. The van der Waals surface area contributed by atoms with Crippen molar-refractivity contribution in [2.45, 2.75) is 6.42 Å². The van der Waals surface area contributed by atoms with Crippen molar-refractivity contribution in [2.24, 2.45) is 7.05 Å². The molecule has 0 N–H and O–H groups in total. The number of carbonyl (C=O) groups is 1. The smallest absolute Gasteiger partial charge is 0.188 e. The van der Waals surface area contributed by atoms with E-state index in [-0.39, 0.29) is 5.78 Å². The normalized spacial score (nSPS) is 10.5. The average molecular weight is 285 g/mol. The molecule has 0 unspecified atom stereocenters. The van der Waals surface area contributed by atoms with Crippen molar-refractivity contribution in [2.75, 3.05) is 0 Å². The van der Waals surface area contributed by atoms with Gasteiger partial charge in [0.05, 0.1) is 0 Å². The predicted octanol–water partition coefficient (Wildman–Crippen LogP) is 2.67. The van der Waals surface area contributed by atoms with Gasteiger partial charge in [-0.15, -0.1) is 11.3 Å². The van der Waals surface area contributed by atoms with Crippen LogP contribution in [-0.4, -0.2) is 15.6 Å². The molecule has 0 bridgehead atoms. The SMILES string of the molecule is Cn1ccc(C(=O)Cc2cc(Br)cs2)n1. The van der Waals surface area contributed by atoms with Gasteiger partial charge in [-0.3, -0.25) is 9.48 Å². The number of thiophene rings is 1. The van der Waals surface area contributed by atoms with Crippen LogP contribution in [0, 0.1) is 0 Å². The lowest BCUT2D eigenvalue weighted by Gasteiger charge is -1.93. The Balaban J connectivity index is 2.10. The molecular weight excluding hydrogens is 276 g/mol. The Morgan fingerprint density at radius 2 is 2.47 bits per heavy atom. The summed E-state index contributed by atoms with van der Waals surface area (Å²) in [6.07, 6.45) is 2.20. The minimum atomic E-state index is 0.0601. The summed E-state index contributed by atoms with van der Waals surface area (Å²) in [7, 11) is 1.80. The minimum absolute atomic E-state index is 0.0601. The lowest BCUT2D eigenvalue weighted by atomic mass is 10.2. The van der Waals surface area contributed by atoms with E-state index in [9.17, 15) is 4.79 Å². The number of nitrogens with zero attached hydrogens (tertiary/aromatic N) is 2. The van der Waals surface area contributed by atoms with Crippen molar-refractivity contribution in [3.05, 3.63) is 38.8 Å². The zero-order valence-electron chi connectivity index (χ0n) is 8.11. The van der Waals surface area contributed by atoms with Gasteiger partial charge in [-0.1, -0.05) is 0 Å². The summed E-state index contributed by atoms with van der Waals surface area (Å²) in [5.41, 5.74) is 0.530. The van der Waals surface area contributed by atoms with Crippen LogP contribution >= 0.6 is 27.3 Å². The molecule has 2 heterocycles. The third-order valence-corrected chi connectivity index (χ3v) is 3.65. The van der Waals surface area contributed by atoms with Gasteiger partial charge in [0, 0.05) is 34.4 Å². The second-order valence-electron chi connectivity index (χ2n) is 3.21. The number of hydrogen-bond donors (Lipinski definition) is 0. The van der Waals surface area contributed by atoms with Gasteiger partial charge < -0.3 is 0 Å². The zero-order chi connectivity index (χ0) is 10.8. The van der Waals surface area contributed by atoms with Gasteiger partial charge in [-0.05, 0) is 28.1 Å². The van der Waals surface area contributed by atoms with Crippen molar-refractivity contribution in [3.8, 4) is 0 Å². The average Bonchev–Trinajstić information content (AvgIpc) is 2.75. The molecule has 15 heavy (non-hydrogen) atoms. The molecule has 0 aliphatic carbocycles. The van der Waals surface area contributed by atoms with Crippen molar-refractivity contribution < 1.29 is 4.79 Å². The molecule has 0 spiro atoms. The number of aryl methyl sites for hydroxylation is 1. The minimum Gasteiger partial charge on any atom is -0.292 e. The maximum absolute atomic E-state index is 11.8. The fraction of sp³-hybridized carbons (Fsp3) is 0.200. The lowest BCUT2D eigenvalue weighted by molar-refractivity contribution is 0.0988. The molecule has 0 aliphatic rings. The fourth-order valence-electron chi connectivity index (χ4n) is 1.26. The maximum atomic E-state index is 11.8. The van der Waals surface area contributed by atoms with Gasteiger partial charge in [0.2, 0.25) is 0 Å². The largest absolute Gasteiger partial charge is 0.292 e. The summed E-state index contributed by atoms with van der Waals surface area (Å²) in [6, 6.07) is 3.70.